The van der Waals surface area contributed by atoms with Crippen LogP contribution in [0.25, 0.3) is 22.6 Å². The van der Waals surface area contributed by atoms with E-state index in [-0.39, 0.29) is 17.8 Å². The third-order valence-electron chi connectivity index (χ3n) is 7.24. The molecule has 2 aromatic carbocycles. The molecule has 0 bridgehead atoms. The highest BCUT2D eigenvalue weighted by molar-refractivity contribution is 6.09. The fourth-order valence-corrected chi connectivity index (χ4v) is 5.36. The van der Waals surface area contributed by atoms with Crippen LogP contribution in [-0.4, -0.2) is 48.6 Å². The Morgan fingerprint density at radius 1 is 1.06 bits per heavy atom. The fourth-order valence-electron chi connectivity index (χ4n) is 5.36. The number of allylic oxidation sites excluding steroid dienone is 1. The lowest BCUT2D eigenvalue weighted by Crippen LogP contribution is -2.41. The predicted octanol–water partition coefficient (Wildman–Crippen LogP) is 5.54. The number of methoxy groups -OCH3 is 1. The van der Waals surface area contributed by atoms with E-state index in [0.717, 1.165) is 63.9 Å². The number of likely N-dealkylation sites (tertiary alicyclic amines) is 1. The average Bonchev–Trinajstić information content (AvgIpc) is 2.92. The van der Waals surface area contributed by atoms with Crippen LogP contribution in [-0.2, 0) is 16.0 Å². The Morgan fingerprint density at radius 2 is 1.81 bits per heavy atom. The summed E-state index contributed by atoms with van der Waals surface area (Å²) in [4.78, 5) is 33.1. The van der Waals surface area contributed by atoms with E-state index in [1.807, 2.05) is 60.4 Å². The first-order valence-corrected chi connectivity index (χ1v) is 12.8. The summed E-state index contributed by atoms with van der Waals surface area (Å²) in [5, 5.41) is 0.902. The maximum atomic E-state index is 14.0. The number of nitrogens with zero attached hydrogens (tertiary/aromatic N) is 2. The fraction of sp³-hybridized carbons (Fsp3) is 0.367. The van der Waals surface area contributed by atoms with Crippen molar-refractivity contribution >= 4 is 34.4 Å². The van der Waals surface area contributed by atoms with Gasteiger partial charge in [-0.05, 0) is 80.0 Å². The number of hydrogen-bond donors (Lipinski definition) is 0. The number of hydrogen-bond acceptors (Lipinski definition) is 5. The lowest BCUT2D eigenvalue weighted by Gasteiger charge is -2.32. The van der Waals surface area contributed by atoms with Crippen molar-refractivity contribution in [1.29, 1.82) is 0 Å². The van der Waals surface area contributed by atoms with Crippen LogP contribution >= 0.6 is 0 Å². The Balaban J connectivity index is 1.51. The number of para-hydroxylation sites is 1. The molecule has 0 unspecified atom stereocenters. The van der Waals surface area contributed by atoms with Crippen molar-refractivity contribution in [3.63, 3.8) is 0 Å². The van der Waals surface area contributed by atoms with Crippen LogP contribution in [0.4, 0.5) is 0 Å². The van der Waals surface area contributed by atoms with E-state index >= 15 is 0 Å². The van der Waals surface area contributed by atoms with E-state index in [1.165, 1.54) is 0 Å². The maximum Gasteiger partial charge on any atom is 0.309 e. The molecule has 36 heavy (non-hydrogen) atoms. The molecule has 1 aliphatic carbocycles. The second-order valence-electron chi connectivity index (χ2n) is 9.45. The largest absolute Gasteiger partial charge is 0.497 e. The molecule has 1 saturated heterocycles. The highest BCUT2D eigenvalue weighted by Gasteiger charge is 2.32. The van der Waals surface area contributed by atoms with Crippen LogP contribution < -0.4 is 4.74 Å². The highest BCUT2D eigenvalue weighted by atomic mass is 16.5. The molecule has 1 amide bonds. The molecule has 1 aliphatic heterocycles. The minimum absolute atomic E-state index is 0.0397. The molecule has 6 nitrogen and oxygen atoms in total. The van der Waals surface area contributed by atoms with E-state index in [2.05, 4.69) is 6.08 Å². The molecule has 3 aromatic rings. The zero-order valence-electron chi connectivity index (χ0n) is 21.0. The summed E-state index contributed by atoms with van der Waals surface area (Å²) in [6.07, 6.45) is 6.17. The molecule has 2 aliphatic rings. The number of aromatic nitrogens is 1. The minimum Gasteiger partial charge on any atom is -0.497 e. The molecule has 6 heteroatoms. The monoisotopic (exact) mass is 484 g/mol. The van der Waals surface area contributed by atoms with Gasteiger partial charge in [0, 0.05) is 18.5 Å². The van der Waals surface area contributed by atoms with Gasteiger partial charge in [0.15, 0.2) is 0 Å². The first-order chi connectivity index (χ1) is 17.6. The second-order valence-corrected chi connectivity index (χ2v) is 9.45. The molecular formula is C30H32N2O4. The Morgan fingerprint density at radius 3 is 2.53 bits per heavy atom. The van der Waals surface area contributed by atoms with Crippen LogP contribution in [0.5, 0.6) is 5.75 Å². The SMILES string of the molecule is CCOC(=O)C1CCN(C(=O)c2c3c(nc4ccccc24)/C(=C/c2ccc(OC)cc2)CCC3)CC1. The summed E-state index contributed by atoms with van der Waals surface area (Å²) in [5.41, 5.74) is 5.82. The lowest BCUT2D eigenvalue weighted by molar-refractivity contribution is -0.149. The lowest BCUT2D eigenvalue weighted by atomic mass is 9.85. The van der Waals surface area contributed by atoms with Gasteiger partial charge in [0.2, 0.25) is 0 Å². The van der Waals surface area contributed by atoms with Crippen LogP contribution in [0.2, 0.25) is 0 Å². The summed E-state index contributed by atoms with van der Waals surface area (Å²) in [6, 6.07) is 15.9. The first kappa shape index (κ1) is 24.0. The molecule has 1 fully saturated rings. The van der Waals surface area contributed by atoms with Gasteiger partial charge < -0.3 is 14.4 Å². The topological polar surface area (TPSA) is 68.7 Å². The van der Waals surface area contributed by atoms with E-state index < -0.39 is 0 Å². The van der Waals surface area contributed by atoms with Gasteiger partial charge in [0.1, 0.15) is 5.75 Å². The van der Waals surface area contributed by atoms with Crippen molar-refractivity contribution in [3.05, 3.63) is 70.9 Å². The van der Waals surface area contributed by atoms with E-state index in [0.29, 0.717) is 32.5 Å². The van der Waals surface area contributed by atoms with E-state index in [1.54, 1.807) is 7.11 Å². The molecule has 1 aromatic heterocycles. The molecule has 0 saturated carbocycles. The number of fused-ring (bicyclic) bond motifs is 2. The van der Waals surface area contributed by atoms with Crippen LogP contribution in [0, 0.1) is 5.92 Å². The van der Waals surface area contributed by atoms with Gasteiger partial charge in [-0.2, -0.15) is 0 Å². The Kier molecular flexibility index (Phi) is 7.03. The quantitative estimate of drug-likeness (QED) is 0.445. The van der Waals surface area contributed by atoms with Gasteiger partial charge in [0.25, 0.3) is 5.91 Å². The molecule has 186 valence electrons. The van der Waals surface area contributed by atoms with Gasteiger partial charge >= 0.3 is 5.97 Å². The third-order valence-corrected chi connectivity index (χ3v) is 7.24. The van der Waals surface area contributed by atoms with Crippen molar-refractivity contribution < 1.29 is 19.1 Å². The number of carbonyl (C=O) groups is 2. The third kappa shape index (κ3) is 4.72. The standard InChI is InChI=1S/C30H32N2O4/c1-3-36-30(34)21-15-17-32(18-16-21)29(33)27-24-8-4-5-10-26(24)31-28-22(7-6-9-25(27)28)19-20-11-13-23(35-2)14-12-20/h4-5,8,10-14,19,21H,3,6-7,9,15-18H2,1-2H3/b22-19+. The normalized spacial score (nSPS) is 17.2. The summed E-state index contributed by atoms with van der Waals surface area (Å²) < 4.78 is 10.5. The number of carbonyl (C=O) groups excluding carboxylic acids is 2. The van der Waals surface area contributed by atoms with Crippen LogP contribution in [0.15, 0.2) is 48.5 Å². The summed E-state index contributed by atoms with van der Waals surface area (Å²) in [5.74, 6) is 0.587. The summed E-state index contributed by atoms with van der Waals surface area (Å²) >= 11 is 0. The van der Waals surface area contributed by atoms with Crippen molar-refractivity contribution in [2.75, 3.05) is 26.8 Å². The maximum absolute atomic E-state index is 14.0. The predicted molar refractivity (Wildman–Crippen MR) is 141 cm³/mol. The van der Waals surface area contributed by atoms with Crippen molar-refractivity contribution in [2.24, 2.45) is 5.92 Å². The van der Waals surface area contributed by atoms with Gasteiger partial charge in [0.05, 0.1) is 36.4 Å². The summed E-state index contributed by atoms with van der Waals surface area (Å²) in [7, 11) is 1.66. The molecule has 5 rings (SSSR count). The van der Waals surface area contributed by atoms with Crippen LogP contribution in [0.1, 0.15) is 59.8 Å². The van der Waals surface area contributed by atoms with Crippen molar-refractivity contribution in [1.82, 2.24) is 9.88 Å². The number of rotatable bonds is 5. The smallest absolute Gasteiger partial charge is 0.309 e. The number of ether oxygens (including phenoxy) is 2. The second kappa shape index (κ2) is 10.5. The highest BCUT2D eigenvalue weighted by Crippen LogP contribution is 2.37. The summed E-state index contributed by atoms with van der Waals surface area (Å²) in [6.45, 7) is 3.33. The van der Waals surface area contributed by atoms with Gasteiger partial charge in [-0.3, -0.25) is 9.59 Å². The molecule has 0 spiro atoms. The number of piperidine rings is 1. The number of pyridine rings is 1. The number of esters is 1. The van der Waals surface area contributed by atoms with Gasteiger partial charge in [-0.1, -0.05) is 30.3 Å². The van der Waals surface area contributed by atoms with Crippen molar-refractivity contribution in [3.8, 4) is 5.75 Å². The van der Waals surface area contributed by atoms with Gasteiger partial charge in [-0.15, -0.1) is 0 Å². The molecule has 0 radical (unpaired) electrons. The zero-order valence-corrected chi connectivity index (χ0v) is 21.0. The van der Waals surface area contributed by atoms with E-state index in [4.69, 9.17) is 14.5 Å². The zero-order chi connectivity index (χ0) is 25.1. The first-order valence-electron chi connectivity index (χ1n) is 12.8. The van der Waals surface area contributed by atoms with Crippen molar-refractivity contribution in [2.45, 2.75) is 39.0 Å². The van der Waals surface area contributed by atoms with E-state index in [9.17, 15) is 9.59 Å². The molecule has 2 heterocycles. The molecule has 0 atom stereocenters. The average molecular weight is 485 g/mol. The van der Waals surface area contributed by atoms with Crippen LogP contribution in [0.3, 0.4) is 0 Å². The van der Waals surface area contributed by atoms with Gasteiger partial charge in [-0.25, -0.2) is 4.98 Å². The Hall–Kier alpha value is -3.67. The Bertz CT molecular complexity index is 1300. The minimum atomic E-state index is -0.148. The molecule has 0 N–H and O–H groups in total. The number of benzene rings is 2. The Labute approximate surface area is 211 Å². The number of amides is 1. The molecular weight excluding hydrogens is 452 g/mol.